The topological polar surface area (TPSA) is 248 Å². The molecule has 0 radical (unpaired) electrons. The van der Waals surface area contributed by atoms with Crippen molar-refractivity contribution in [1.29, 1.82) is 0 Å². The zero-order chi connectivity index (χ0) is 54.5. The number of rotatable bonds is 25. The van der Waals surface area contributed by atoms with Gasteiger partial charge in [-0.05, 0) is 118 Å². The standard InChI is InChI=1S/C56H57N3O17S/c1-4-49(60)71-32-68-41-20-22-42(23-21-41)74-53(64)37-16-18-39(19-17-37)55(66)76-45-25-11-35(29-40(45)31-57-59-56-58-44-9-7-8-10-48(44)77-56)27-28-67-52(63)36-12-14-38(15-13-36)54(65)75-43-24-26-46(69-33-72-50(61)5-2)47(30-43)70-34-73-51(62)6-3/h4-11,20-26,29-31,36-39,56,58-59H,1-3,12-19,27-28,32-34H2/b57-31+. The van der Waals surface area contributed by atoms with E-state index >= 15 is 0 Å². The van der Waals surface area contributed by atoms with Crippen LogP contribution in [0, 0.1) is 23.7 Å². The van der Waals surface area contributed by atoms with Gasteiger partial charge in [-0.15, -0.1) is 0 Å². The number of para-hydroxylation sites is 1. The van der Waals surface area contributed by atoms with Gasteiger partial charge in [0.05, 0.1) is 42.2 Å². The minimum Gasteiger partial charge on any atom is -0.465 e. The van der Waals surface area contributed by atoms with Crippen LogP contribution in [0.25, 0.3) is 0 Å². The molecule has 4 aromatic carbocycles. The number of carbonyl (C=O) groups excluding carboxylic acids is 7. The summed E-state index contributed by atoms with van der Waals surface area (Å²) in [7, 11) is 0. The van der Waals surface area contributed by atoms with Gasteiger partial charge in [0.15, 0.2) is 17.0 Å². The molecule has 1 unspecified atom stereocenters. The number of anilines is 1. The maximum Gasteiger partial charge on any atom is 0.333 e. The Balaban J connectivity index is 0.887. The molecular weight excluding hydrogens is 1020 g/mol. The number of carbonyl (C=O) groups is 7. The van der Waals surface area contributed by atoms with Crippen molar-refractivity contribution in [3.05, 3.63) is 134 Å². The third-order valence-electron chi connectivity index (χ3n) is 12.5. The third-order valence-corrected chi connectivity index (χ3v) is 13.5. The predicted molar refractivity (Wildman–Crippen MR) is 278 cm³/mol. The lowest BCUT2D eigenvalue weighted by atomic mass is 9.82. The molecule has 1 atom stereocenters. The molecular formula is C56H57N3O17S. The molecule has 0 saturated heterocycles. The second-order valence-corrected chi connectivity index (χ2v) is 18.7. The first-order valence-corrected chi connectivity index (χ1v) is 25.5. The number of nitrogens with zero attached hydrogens (tertiary/aromatic N) is 1. The van der Waals surface area contributed by atoms with Gasteiger partial charge < -0.3 is 52.7 Å². The van der Waals surface area contributed by atoms with Crippen molar-refractivity contribution in [2.75, 3.05) is 32.3 Å². The quantitative estimate of drug-likeness (QED) is 0.0121. The van der Waals surface area contributed by atoms with Crippen molar-refractivity contribution in [2.45, 2.75) is 68.2 Å². The van der Waals surface area contributed by atoms with Gasteiger partial charge in [0.2, 0.25) is 20.4 Å². The van der Waals surface area contributed by atoms with Crippen LogP contribution >= 0.6 is 11.8 Å². The zero-order valence-corrected chi connectivity index (χ0v) is 42.7. The highest BCUT2D eigenvalue weighted by Gasteiger charge is 2.34. The molecule has 1 heterocycles. The number of benzene rings is 4. The average Bonchev–Trinajstić information content (AvgIpc) is 3.87. The van der Waals surface area contributed by atoms with E-state index in [1.807, 2.05) is 30.3 Å². The Morgan fingerprint density at radius 3 is 1.65 bits per heavy atom. The van der Waals surface area contributed by atoms with E-state index in [4.69, 9.17) is 47.4 Å². The van der Waals surface area contributed by atoms with Crippen molar-refractivity contribution < 1.29 is 80.9 Å². The minimum atomic E-state index is -0.729. The lowest BCUT2D eigenvalue weighted by Gasteiger charge is -2.26. The van der Waals surface area contributed by atoms with Crippen LogP contribution in [0.15, 0.2) is 133 Å². The zero-order valence-electron chi connectivity index (χ0n) is 41.9. The van der Waals surface area contributed by atoms with E-state index in [9.17, 15) is 33.6 Å². The number of thioether (sulfide) groups is 1. The van der Waals surface area contributed by atoms with Gasteiger partial charge in [-0.2, -0.15) is 5.10 Å². The van der Waals surface area contributed by atoms with Gasteiger partial charge in [0, 0.05) is 41.2 Å². The number of hydrogen-bond donors (Lipinski definition) is 2. The lowest BCUT2D eigenvalue weighted by Crippen LogP contribution is -2.30. The smallest absolute Gasteiger partial charge is 0.333 e. The monoisotopic (exact) mass is 1080 g/mol. The predicted octanol–water partition coefficient (Wildman–Crippen LogP) is 8.12. The molecule has 3 aliphatic rings. The summed E-state index contributed by atoms with van der Waals surface area (Å²) >= 11 is 1.57. The van der Waals surface area contributed by atoms with Crippen molar-refractivity contribution in [3.8, 4) is 34.5 Å². The molecule has 2 fully saturated rings. The van der Waals surface area contributed by atoms with Crippen LogP contribution in [0.5, 0.6) is 34.5 Å². The third kappa shape index (κ3) is 17.0. The Morgan fingerprint density at radius 2 is 1.05 bits per heavy atom. The van der Waals surface area contributed by atoms with Crippen molar-refractivity contribution >= 4 is 65.4 Å². The van der Waals surface area contributed by atoms with Gasteiger partial charge in [-0.3, -0.25) is 24.6 Å². The fourth-order valence-corrected chi connectivity index (χ4v) is 9.26. The Morgan fingerprint density at radius 1 is 0.545 bits per heavy atom. The Bertz CT molecular complexity index is 2800. The average molecular weight is 1080 g/mol. The van der Waals surface area contributed by atoms with Crippen LogP contribution in [-0.2, 0) is 58.9 Å². The molecule has 404 valence electrons. The van der Waals surface area contributed by atoms with Crippen molar-refractivity contribution in [1.82, 2.24) is 5.43 Å². The van der Waals surface area contributed by atoms with E-state index in [2.05, 4.69) is 35.6 Å². The lowest BCUT2D eigenvalue weighted by molar-refractivity contribution is -0.152. The maximum absolute atomic E-state index is 13.6. The first-order chi connectivity index (χ1) is 37.4. The number of ether oxygens (including phenoxy) is 10. The molecule has 0 bridgehead atoms. The van der Waals surface area contributed by atoms with E-state index in [0.717, 1.165) is 34.4 Å². The molecule has 4 aromatic rings. The Hall–Kier alpha value is -8.59. The molecule has 0 aromatic heterocycles. The summed E-state index contributed by atoms with van der Waals surface area (Å²) in [6.45, 7) is 8.77. The molecule has 0 spiro atoms. The highest BCUT2D eigenvalue weighted by atomic mass is 32.2. The highest BCUT2D eigenvalue weighted by molar-refractivity contribution is 8.00. The summed E-state index contributed by atoms with van der Waals surface area (Å²) in [6, 6.07) is 23.7. The van der Waals surface area contributed by atoms with E-state index in [-0.39, 0.29) is 47.9 Å². The summed E-state index contributed by atoms with van der Waals surface area (Å²) in [6.07, 6.45) is 8.15. The molecule has 20 nitrogen and oxygen atoms in total. The molecule has 0 amide bonds. The van der Waals surface area contributed by atoms with Crippen LogP contribution < -0.4 is 39.2 Å². The number of fused-ring (bicyclic) bond motifs is 1. The van der Waals surface area contributed by atoms with Gasteiger partial charge >= 0.3 is 41.8 Å². The number of nitrogens with one attached hydrogen (secondary N) is 2. The number of esters is 7. The van der Waals surface area contributed by atoms with Gasteiger partial charge in [0.25, 0.3) is 0 Å². The minimum absolute atomic E-state index is 0.0343. The Kier molecular flexibility index (Phi) is 20.7. The van der Waals surface area contributed by atoms with Crippen LogP contribution in [-0.4, -0.2) is 80.5 Å². The van der Waals surface area contributed by atoms with Crippen LogP contribution in [0.1, 0.15) is 62.5 Å². The summed E-state index contributed by atoms with van der Waals surface area (Å²) in [5.41, 5.74) is 5.15. The number of hydrazone groups is 1. The molecule has 21 heteroatoms. The van der Waals surface area contributed by atoms with Crippen LogP contribution in [0.2, 0.25) is 0 Å². The van der Waals surface area contributed by atoms with E-state index in [0.29, 0.717) is 74.8 Å². The summed E-state index contributed by atoms with van der Waals surface area (Å²) in [4.78, 5) is 88.5. The fourth-order valence-electron chi connectivity index (χ4n) is 8.30. The molecule has 7 rings (SSSR count). The van der Waals surface area contributed by atoms with Gasteiger partial charge in [-0.1, -0.05) is 49.7 Å². The molecule has 2 aliphatic carbocycles. The normalized spacial score (nSPS) is 18.4. The molecule has 2 saturated carbocycles. The second-order valence-electron chi connectivity index (χ2n) is 17.5. The van der Waals surface area contributed by atoms with Crippen LogP contribution in [0.3, 0.4) is 0 Å². The summed E-state index contributed by atoms with van der Waals surface area (Å²) < 4.78 is 53.9. The molecule has 77 heavy (non-hydrogen) atoms. The SMILES string of the molecule is C=CC(=O)OCOc1ccc(OC(=O)C2CCC(C(=O)Oc3ccc(CCOC(=O)C4CCC(C(=O)Oc5ccc(OCOC(=O)C=C)c(OCOC(=O)C=C)c5)CC4)cc3/C=N/NC3Nc4ccccc4S3)CC2)cc1. The summed E-state index contributed by atoms with van der Waals surface area (Å²) in [5, 5.41) is 7.84. The summed E-state index contributed by atoms with van der Waals surface area (Å²) in [5.74, 6) is -4.28. The number of hydrogen-bond acceptors (Lipinski definition) is 21. The van der Waals surface area contributed by atoms with E-state index < -0.39 is 73.1 Å². The van der Waals surface area contributed by atoms with Gasteiger partial charge in [0.1, 0.15) is 23.0 Å². The molecule has 1 aliphatic heterocycles. The second kappa shape index (κ2) is 28.3. The van der Waals surface area contributed by atoms with Gasteiger partial charge in [-0.25, -0.2) is 14.4 Å². The van der Waals surface area contributed by atoms with Crippen LogP contribution in [0.4, 0.5) is 5.69 Å². The van der Waals surface area contributed by atoms with E-state index in [1.165, 1.54) is 18.2 Å². The fraction of sp³-hybridized carbons (Fsp3) is 0.321. The van der Waals surface area contributed by atoms with Crippen molar-refractivity contribution in [3.63, 3.8) is 0 Å². The Labute approximate surface area is 448 Å². The molecule has 2 N–H and O–H groups in total. The first-order valence-electron chi connectivity index (χ1n) is 24.6. The van der Waals surface area contributed by atoms with E-state index in [1.54, 1.807) is 54.4 Å². The largest absolute Gasteiger partial charge is 0.465 e. The highest BCUT2D eigenvalue weighted by Crippen LogP contribution is 2.38. The first kappa shape index (κ1) is 56.1. The van der Waals surface area contributed by atoms with Crippen molar-refractivity contribution in [2.24, 2.45) is 28.8 Å². The maximum atomic E-state index is 13.6.